The fraction of sp³-hybridized carbons (Fsp3) is 0.471. The van der Waals surface area contributed by atoms with Crippen LogP contribution in [0, 0.1) is 0 Å². The van der Waals surface area contributed by atoms with Gasteiger partial charge in [0.05, 0.1) is 11.2 Å². The van der Waals surface area contributed by atoms with Crippen molar-refractivity contribution >= 4 is 35.6 Å². The topological polar surface area (TPSA) is 85.7 Å². The van der Waals surface area contributed by atoms with Crippen LogP contribution in [-0.2, 0) is 14.1 Å². The molecule has 1 aliphatic heterocycles. The van der Waals surface area contributed by atoms with Crippen LogP contribution in [0.5, 0.6) is 0 Å². The monoisotopic (exact) mass is 375 g/mol. The van der Waals surface area contributed by atoms with E-state index < -0.39 is 18.3 Å². The number of hydrogen-bond acceptors (Lipinski definition) is 6. The number of aromatic nitrogens is 3. The van der Waals surface area contributed by atoms with Crippen molar-refractivity contribution in [1.29, 1.82) is 0 Å². The fourth-order valence-corrected chi connectivity index (χ4v) is 3.20. The maximum absolute atomic E-state index is 11.9. The van der Waals surface area contributed by atoms with Crippen molar-refractivity contribution < 1.29 is 14.1 Å². The Labute approximate surface area is 156 Å². The Morgan fingerprint density at radius 1 is 1.35 bits per heavy atom. The molecule has 0 saturated carbocycles. The van der Waals surface area contributed by atoms with E-state index in [9.17, 15) is 9.59 Å². The van der Waals surface area contributed by atoms with E-state index in [0.717, 1.165) is 11.0 Å². The number of nitrogens with one attached hydrogen (secondary N) is 1. The van der Waals surface area contributed by atoms with Crippen LogP contribution in [0.25, 0.3) is 11.6 Å². The molecule has 2 aromatic heterocycles. The molecule has 0 unspecified atom stereocenters. The summed E-state index contributed by atoms with van der Waals surface area (Å²) in [7, 11) is -0.555. The second-order valence-electron chi connectivity index (χ2n) is 7.31. The summed E-state index contributed by atoms with van der Waals surface area (Å²) < 4.78 is 13.8. The van der Waals surface area contributed by atoms with Crippen LogP contribution in [-0.4, -0.2) is 43.8 Å². The van der Waals surface area contributed by atoms with Crippen molar-refractivity contribution in [3.63, 3.8) is 0 Å². The van der Waals surface area contributed by atoms with Crippen LogP contribution < -0.4 is 5.56 Å². The van der Waals surface area contributed by atoms with Gasteiger partial charge in [-0.1, -0.05) is 17.8 Å². The lowest BCUT2D eigenvalue weighted by molar-refractivity contribution is -0.109. The fourth-order valence-electron chi connectivity index (χ4n) is 2.61. The molecule has 1 saturated heterocycles. The van der Waals surface area contributed by atoms with Gasteiger partial charge in [-0.25, -0.2) is 4.52 Å². The number of carbonyl (C=O) groups excluding carboxylic acids is 1. The molecule has 3 rings (SSSR count). The van der Waals surface area contributed by atoms with Crippen molar-refractivity contribution in [1.82, 2.24) is 14.6 Å². The molecule has 0 aromatic carbocycles. The Bertz CT molecular complexity index is 915. The Hall–Kier alpha value is -1.84. The number of nitrogens with zero attached hydrogens (tertiary/aromatic N) is 2. The van der Waals surface area contributed by atoms with Gasteiger partial charge in [0.2, 0.25) is 0 Å². The Morgan fingerprint density at radius 2 is 2.00 bits per heavy atom. The first-order valence-corrected chi connectivity index (χ1v) is 9.33. The summed E-state index contributed by atoms with van der Waals surface area (Å²) >= 11 is 1.20. The lowest BCUT2D eigenvalue weighted by Gasteiger charge is -2.32. The van der Waals surface area contributed by atoms with E-state index >= 15 is 0 Å². The van der Waals surface area contributed by atoms with Crippen LogP contribution in [0.4, 0.5) is 0 Å². The third-order valence-corrected chi connectivity index (χ3v) is 5.67. The zero-order valence-corrected chi connectivity index (χ0v) is 16.3. The van der Waals surface area contributed by atoms with Gasteiger partial charge in [-0.05, 0) is 44.8 Å². The quantitative estimate of drug-likeness (QED) is 0.826. The summed E-state index contributed by atoms with van der Waals surface area (Å²) in [4.78, 5) is 25.9. The summed E-state index contributed by atoms with van der Waals surface area (Å²) in [5, 5.41) is 4.12. The minimum absolute atomic E-state index is 0.0209. The standard InChI is InChI=1S/C17H22BN3O4S/c1-11(22)26-9-13(18-24-16(2,3)17(4,5)25-18)6-12-7-14-15(23)19-10-20-21(14)8-12/h6-8,10H,9H2,1-5H3,(H,19,20,23). The van der Waals surface area contributed by atoms with Crippen LogP contribution >= 0.6 is 11.8 Å². The smallest absolute Gasteiger partial charge is 0.400 e. The van der Waals surface area contributed by atoms with E-state index in [1.165, 1.54) is 29.5 Å². The molecule has 0 radical (unpaired) electrons. The molecule has 138 valence electrons. The zero-order chi connectivity index (χ0) is 19.1. The highest BCUT2D eigenvalue weighted by atomic mass is 32.2. The van der Waals surface area contributed by atoms with Crippen molar-refractivity contribution in [3.05, 3.63) is 40.0 Å². The average Bonchev–Trinajstić information content (AvgIpc) is 3.02. The molecule has 1 aliphatic rings. The SMILES string of the molecule is CC(=O)SCC(=Cc1cc2c(=O)[nH]cnn2c1)B1OC(C)(C)C(C)(C)O1. The summed E-state index contributed by atoms with van der Waals surface area (Å²) in [5.74, 6) is 0.447. The number of thioether (sulfide) groups is 1. The van der Waals surface area contributed by atoms with E-state index in [-0.39, 0.29) is 10.7 Å². The predicted octanol–water partition coefficient (Wildman–Crippen LogP) is 2.32. The van der Waals surface area contributed by atoms with Gasteiger partial charge in [0.15, 0.2) is 5.12 Å². The summed E-state index contributed by atoms with van der Waals surface area (Å²) in [6.07, 6.45) is 5.00. The predicted molar refractivity (Wildman–Crippen MR) is 103 cm³/mol. The molecule has 9 heteroatoms. The largest absolute Gasteiger partial charge is 0.491 e. The highest BCUT2D eigenvalue weighted by Crippen LogP contribution is 2.39. The second-order valence-corrected chi connectivity index (χ2v) is 8.46. The third kappa shape index (κ3) is 3.65. The first kappa shape index (κ1) is 18.9. The third-order valence-electron chi connectivity index (χ3n) is 4.78. The van der Waals surface area contributed by atoms with Gasteiger partial charge in [0.1, 0.15) is 11.8 Å². The normalized spacial score (nSPS) is 19.3. The maximum Gasteiger partial charge on any atom is 0.491 e. The molecule has 0 atom stereocenters. The van der Waals surface area contributed by atoms with Gasteiger partial charge in [0.25, 0.3) is 5.56 Å². The van der Waals surface area contributed by atoms with E-state index in [2.05, 4.69) is 10.1 Å². The molecule has 1 N–H and O–H groups in total. The lowest BCUT2D eigenvalue weighted by atomic mass is 9.78. The van der Waals surface area contributed by atoms with Gasteiger partial charge in [-0.15, -0.1) is 0 Å². The highest BCUT2D eigenvalue weighted by Gasteiger charge is 2.52. The molecule has 3 heterocycles. The first-order chi connectivity index (χ1) is 12.1. The summed E-state index contributed by atoms with van der Waals surface area (Å²) in [5.41, 5.74) is 0.921. The van der Waals surface area contributed by atoms with Crippen LogP contribution in [0.2, 0.25) is 0 Å². The molecule has 0 aliphatic carbocycles. The van der Waals surface area contributed by atoms with E-state index in [1.807, 2.05) is 33.8 Å². The summed E-state index contributed by atoms with van der Waals surface area (Å²) in [6, 6.07) is 1.75. The number of fused-ring (bicyclic) bond motifs is 1. The van der Waals surface area contributed by atoms with Gasteiger partial charge in [0, 0.05) is 18.9 Å². The van der Waals surface area contributed by atoms with E-state index in [4.69, 9.17) is 9.31 Å². The second kappa shape index (κ2) is 6.72. The minimum atomic E-state index is -0.555. The average molecular weight is 375 g/mol. The van der Waals surface area contributed by atoms with Gasteiger partial charge in [-0.3, -0.25) is 9.59 Å². The van der Waals surface area contributed by atoms with E-state index in [1.54, 1.807) is 12.3 Å². The van der Waals surface area contributed by atoms with Crippen LogP contribution in [0.15, 0.2) is 28.9 Å². The van der Waals surface area contributed by atoms with Gasteiger partial charge in [-0.2, -0.15) is 5.10 Å². The number of aromatic amines is 1. The molecular formula is C17H22BN3O4S. The number of carbonyl (C=O) groups is 1. The first-order valence-electron chi connectivity index (χ1n) is 8.34. The molecule has 7 nitrogen and oxygen atoms in total. The number of hydrogen-bond donors (Lipinski definition) is 1. The lowest BCUT2D eigenvalue weighted by Crippen LogP contribution is -2.41. The molecule has 0 amide bonds. The number of H-pyrrole nitrogens is 1. The maximum atomic E-state index is 11.9. The minimum Gasteiger partial charge on any atom is -0.400 e. The van der Waals surface area contributed by atoms with Crippen molar-refractivity contribution in [2.45, 2.75) is 45.8 Å². The molecule has 26 heavy (non-hydrogen) atoms. The Balaban J connectivity index is 1.97. The Morgan fingerprint density at radius 3 is 2.58 bits per heavy atom. The highest BCUT2D eigenvalue weighted by molar-refractivity contribution is 8.13. The molecule has 0 spiro atoms. The molecule has 1 fully saturated rings. The molecular weight excluding hydrogens is 353 g/mol. The Kier molecular flexibility index (Phi) is 4.89. The number of rotatable bonds is 4. The summed E-state index contributed by atoms with van der Waals surface area (Å²) in [6.45, 7) is 9.47. The van der Waals surface area contributed by atoms with Crippen molar-refractivity contribution in [3.8, 4) is 0 Å². The zero-order valence-electron chi connectivity index (χ0n) is 15.5. The van der Waals surface area contributed by atoms with Crippen molar-refractivity contribution in [2.24, 2.45) is 0 Å². The van der Waals surface area contributed by atoms with Crippen molar-refractivity contribution in [2.75, 3.05) is 5.75 Å². The van der Waals surface area contributed by atoms with Gasteiger partial charge >= 0.3 is 7.12 Å². The molecule has 2 aromatic rings. The van der Waals surface area contributed by atoms with E-state index in [0.29, 0.717) is 11.3 Å². The van der Waals surface area contributed by atoms with Crippen LogP contribution in [0.3, 0.4) is 0 Å². The van der Waals surface area contributed by atoms with Crippen LogP contribution in [0.1, 0.15) is 40.2 Å². The van der Waals surface area contributed by atoms with Gasteiger partial charge < -0.3 is 14.3 Å². The molecule has 0 bridgehead atoms.